The van der Waals surface area contributed by atoms with E-state index in [9.17, 15) is 0 Å². The van der Waals surface area contributed by atoms with Crippen LogP contribution >= 0.6 is 39.1 Å². The van der Waals surface area contributed by atoms with Gasteiger partial charge >= 0.3 is 0 Å². The van der Waals surface area contributed by atoms with E-state index in [1.165, 1.54) is 0 Å². The molecule has 5 heteroatoms. The molecule has 0 saturated heterocycles. The van der Waals surface area contributed by atoms with Gasteiger partial charge in [0, 0.05) is 15.6 Å². The molecule has 1 atom stereocenters. The van der Waals surface area contributed by atoms with Crippen LogP contribution in [0.3, 0.4) is 0 Å². The van der Waals surface area contributed by atoms with Crippen LogP contribution in [0, 0.1) is 0 Å². The van der Waals surface area contributed by atoms with E-state index < -0.39 is 0 Å². The summed E-state index contributed by atoms with van der Waals surface area (Å²) in [6, 6.07) is 10.9. The van der Waals surface area contributed by atoms with E-state index in [-0.39, 0.29) is 6.04 Å². The third kappa shape index (κ3) is 3.23. The van der Waals surface area contributed by atoms with Gasteiger partial charge in [0.15, 0.2) is 0 Å². The van der Waals surface area contributed by atoms with Crippen molar-refractivity contribution in [2.24, 2.45) is 5.73 Å². The fraction of sp³-hybridized carbons (Fsp3) is 0.143. The van der Waals surface area contributed by atoms with E-state index in [0.717, 1.165) is 15.6 Å². The number of halogens is 3. The normalized spacial score (nSPS) is 12.3. The average Bonchev–Trinajstić information content (AvgIpc) is 2.40. The highest BCUT2D eigenvalue weighted by Crippen LogP contribution is 2.35. The Morgan fingerprint density at radius 3 is 2.53 bits per heavy atom. The molecule has 0 fully saturated rings. The van der Waals surface area contributed by atoms with Crippen LogP contribution in [0.2, 0.25) is 10.0 Å². The van der Waals surface area contributed by atoms with Gasteiger partial charge < -0.3 is 10.5 Å². The first-order chi connectivity index (χ1) is 9.02. The van der Waals surface area contributed by atoms with Gasteiger partial charge in [0.1, 0.15) is 5.75 Å². The zero-order chi connectivity index (χ0) is 14.0. The van der Waals surface area contributed by atoms with Crippen LogP contribution in [0.1, 0.15) is 17.2 Å². The van der Waals surface area contributed by atoms with Gasteiger partial charge in [-0.25, -0.2) is 0 Å². The molecule has 0 saturated carbocycles. The molecule has 2 aromatic carbocycles. The highest BCUT2D eigenvalue weighted by atomic mass is 79.9. The number of benzene rings is 2. The summed E-state index contributed by atoms with van der Waals surface area (Å²) < 4.78 is 6.09. The number of ether oxygens (including phenoxy) is 1. The lowest BCUT2D eigenvalue weighted by Gasteiger charge is -2.16. The number of nitrogens with two attached hydrogens (primary N) is 1. The minimum absolute atomic E-state index is 0.339. The summed E-state index contributed by atoms with van der Waals surface area (Å²) in [5.41, 5.74) is 7.97. The van der Waals surface area contributed by atoms with E-state index in [0.29, 0.717) is 15.8 Å². The van der Waals surface area contributed by atoms with Crippen LogP contribution < -0.4 is 10.5 Å². The minimum Gasteiger partial charge on any atom is -0.495 e. The number of hydrogen-bond acceptors (Lipinski definition) is 2. The number of rotatable bonds is 3. The first-order valence-corrected chi connectivity index (χ1v) is 7.11. The molecule has 2 nitrogen and oxygen atoms in total. The SMILES string of the molecule is COc1cc(Cl)c(C(N)c2cccc(Br)c2)cc1Cl. The molecule has 1 unspecified atom stereocenters. The Kier molecular flexibility index (Phi) is 4.74. The van der Waals surface area contributed by atoms with Crippen LogP contribution in [-0.4, -0.2) is 7.11 Å². The second kappa shape index (κ2) is 6.14. The Balaban J connectivity index is 2.44. The van der Waals surface area contributed by atoms with Crippen molar-refractivity contribution in [2.75, 3.05) is 7.11 Å². The smallest absolute Gasteiger partial charge is 0.138 e. The van der Waals surface area contributed by atoms with Crippen molar-refractivity contribution in [3.63, 3.8) is 0 Å². The van der Waals surface area contributed by atoms with Crippen LogP contribution in [0.5, 0.6) is 5.75 Å². The average molecular weight is 361 g/mol. The second-order valence-electron chi connectivity index (χ2n) is 4.04. The van der Waals surface area contributed by atoms with Crippen molar-refractivity contribution in [1.29, 1.82) is 0 Å². The Bertz CT molecular complexity index is 604. The van der Waals surface area contributed by atoms with Crippen LogP contribution in [0.25, 0.3) is 0 Å². The van der Waals surface area contributed by atoms with Crippen molar-refractivity contribution >= 4 is 39.1 Å². The first kappa shape index (κ1) is 14.7. The summed E-state index contributed by atoms with van der Waals surface area (Å²) in [4.78, 5) is 0. The monoisotopic (exact) mass is 359 g/mol. The topological polar surface area (TPSA) is 35.2 Å². The van der Waals surface area contributed by atoms with Gasteiger partial charge in [0.2, 0.25) is 0 Å². The maximum absolute atomic E-state index is 6.24. The molecule has 0 heterocycles. The summed E-state index contributed by atoms with van der Waals surface area (Å²) in [5.74, 6) is 0.539. The largest absolute Gasteiger partial charge is 0.495 e. The van der Waals surface area contributed by atoms with Crippen molar-refractivity contribution in [1.82, 2.24) is 0 Å². The van der Waals surface area contributed by atoms with Gasteiger partial charge in [-0.2, -0.15) is 0 Å². The molecular formula is C14H12BrCl2NO. The Labute approximate surface area is 130 Å². The Hall–Kier alpha value is -0.740. The highest BCUT2D eigenvalue weighted by Gasteiger charge is 2.16. The van der Waals surface area contributed by atoms with Gasteiger partial charge in [-0.15, -0.1) is 0 Å². The molecule has 2 rings (SSSR count). The summed E-state index contributed by atoms with van der Waals surface area (Å²) in [7, 11) is 1.55. The quantitative estimate of drug-likeness (QED) is 0.852. The molecule has 0 amide bonds. The van der Waals surface area contributed by atoms with E-state index in [4.69, 9.17) is 33.7 Å². The Morgan fingerprint density at radius 2 is 1.89 bits per heavy atom. The van der Waals surface area contributed by atoms with Crippen LogP contribution in [-0.2, 0) is 0 Å². The molecule has 0 radical (unpaired) electrons. The third-order valence-electron chi connectivity index (χ3n) is 2.81. The fourth-order valence-electron chi connectivity index (χ4n) is 1.82. The molecule has 19 heavy (non-hydrogen) atoms. The van der Waals surface area contributed by atoms with E-state index in [2.05, 4.69) is 15.9 Å². The van der Waals surface area contributed by atoms with Gasteiger partial charge in [-0.05, 0) is 29.3 Å². The lowest BCUT2D eigenvalue weighted by Crippen LogP contribution is -2.12. The third-order valence-corrected chi connectivity index (χ3v) is 3.93. The minimum atomic E-state index is -0.339. The standard InChI is InChI=1S/C14H12BrCl2NO/c1-19-13-7-11(16)10(6-12(13)17)14(18)8-3-2-4-9(15)5-8/h2-7,14H,18H2,1H3. The molecule has 0 aliphatic carbocycles. The van der Waals surface area contributed by atoms with Crippen molar-refractivity contribution in [2.45, 2.75) is 6.04 Å². The second-order valence-corrected chi connectivity index (χ2v) is 5.77. The molecule has 100 valence electrons. The predicted molar refractivity (Wildman–Crippen MR) is 83.2 cm³/mol. The van der Waals surface area contributed by atoms with Crippen molar-refractivity contribution in [3.8, 4) is 5.75 Å². The van der Waals surface area contributed by atoms with Gasteiger partial charge in [0.25, 0.3) is 0 Å². The molecule has 0 spiro atoms. The molecule has 2 aromatic rings. The zero-order valence-electron chi connectivity index (χ0n) is 10.2. The molecule has 0 aliphatic heterocycles. The van der Waals surface area contributed by atoms with E-state index in [1.54, 1.807) is 19.2 Å². The van der Waals surface area contributed by atoms with Gasteiger partial charge in [-0.1, -0.05) is 51.3 Å². The molecule has 2 N–H and O–H groups in total. The lowest BCUT2D eigenvalue weighted by molar-refractivity contribution is 0.415. The van der Waals surface area contributed by atoms with Crippen molar-refractivity contribution < 1.29 is 4.74 Å². The molecular weight excluding hydrogens is 349 g/mol. The summed E-state index contributed by atoms with van der Waals surface area (Å²) in [5, 5.41) is 1.03. The van der Waals surface area contributed by atoms with Crippen LogP contribution in [0.4, 0.5) is 0 Å². The summed E-state index contributed by atoms with van der Waals surface area (Å²) in [6.07, 6.45) is 0. The van der Waals surface area contributed by atoms with Crippen molar-refractivity contribution in [3.05, 3.63) is 62.0 Å². The zero-order valence-corrected chi connectivity index (χ0v) is 13.3. The molecule has 0 aliphatic rings. The fourth-order valence-corrected chi connectivity index (χ4v) is 2.76. The maximum atomic E-state index is 6.24. The number of hydrogen-bond donors (Lipinski definition) is 1. The van der Waals surface area contributed by atoms with Gasteiger partial charge in [0.05, 0.1) is 18.2 Å². The van der Waals surface area contributed by atoms with Crippen LogP contribution in [0.15, 0.2) is 40.9 Å². The highest BCUT2D eigenvalue weighted by molar-refractivity contribution is 9.10. The summed E-state index contributed by atoms with van der Waals surface area (Å²) >= 11 is 15.8. The lowest BCUT2D eigenvalue weighted by atomic mass is 9.99. The number of methoxy groups -OCH3 is 1. The Morgan fingerprint density at radius 1 is 1.16 bits per heavy atom. The van der Waals surface area contributed by atoms with E-state index in [1.807, 2.05) is 24.3 Å². The summed E-state index contributed by atoms with van der Waals surface area (Å²) in [6.45, 7) is 0. The molecule has 0 bridgehead atoms. The maximum Gasteiger partial charge on any atom is 0.138 e. The van der Waals surface area contributed by atoms with Gasteiger partial charge in [-0.3, -0.25) is 0 Å². The molecule has 0 aromatic heterocycles. The first-order valence-electron chi connectivity index (χ1n) is 5.57. The van der Waals surface area contributed by atoms with E-state index >= 15 is 0 Å². The predicted octanol–water partition coefficient (Wildman–Crippen LogP) is 4.81.